The number of hydrogen-bond donors (Lipinski definition) is 1. The number of nitrogens with zero attached hydrogens (tertiary/aromatic N) is 2. The Morgan fingerprint density at radius 3 is 2.00 bits per heavy atom. The topological polar surface area (TPSA) is 26.7 Å². The minimum atomic E-state index is -0.187. The molecule has 0 aromatic rings. The molecule has 1 N–H and O–H groups in total. The summed E-state index contributed by atoms with van der Waals surface area (Å²) in [5.41, 5.74) is 0. The molecule has 1 fully saturated rings. The van der Waals surface area contributed by atoms with Gasteiger partial charge in [-0.3, -0.25) is 0 Å². The molecular weight excluding hydrogens is 296 g/mol. The Kier molecular flexibility index (Phi) is 19.3. The largest absolute Gasteiger partial charge is 0.392 e. The van der Waals surface area contributed by atoms with Crippen LogP contribution in [-0.4, -0.2) is 59.8 Å². The Balaban J connectivity index is 0. The van der Waals surface area contributed by atoms with Crippen LogP contribution < -0.4 is 0 Å². The Labute approximate surface area is 153 Å². The molecule has 0 bridgehead atoms. The molecule has 1 rings (SSSR count). The molecule has 0 radical (unpaired) electrons. The van der Waals surface area contributed by atoms with Gasteiger partial charge in [0.25, 0.3) is 0 Å². The predicted molar refractivity (Wildman–Crippen MR) is 110 cm³/mol. The molecule has 3 nitrogen and oxygen atoms in total. The van der Waals surface area contributed by atoms with Gasteiger partial charge in [0.15, 0.2) is 0 Å². The van der Waals surface area contributed by atoms with Crippen molar-refractivity contribution in [1.29, 1.82) is 0 Å². The first kappa shape index (κ1) is 26.1. The summed E-state index contributed by atoms with van der Waals surface area (Å²) >= 11 is 0. The van der Waals surface area contributed by atoms with Gasteiger partial charge in [0.05, 0.1) is 6.10 Å². The highest BCUT2D eigenvalue weighted by Gasteiger charge is 2.25. The minimum absolute atomic E-state index is 0.187. The monoisotopic (exact) mass is 344 g/mol. The molecule has 3 atom stereocenters. The summed E-state index contributed by atoms with van der Waals surface area (Å²) in [5.74, 6) is 0.921. The van der Waals surface area contributed by atoms with Gasteiger partial charge in [-0.2, -0.15) is 0 Å². The van der Waals surface area contributed by atoms with Crippen LogP contribution in [0.2, 0.25) is 0 Å². The third kappa shape index (κ3) is 13.2. The van der Waals surface area contributed by atoms with Crippen molar-refractivity contribution in [1.82, 2.24) is 9.80 Å². The fraction of sp³-hybridized carbons (Fsp3) is 1.00. The summed E-state index contributed by atoms with van der Waals surface area (Å²) in [4.78, 5) is 4.91. The normalized spacial score (nSPS) is 21.8. The van der Waals surface area contributed by atoms with Crippen molar-refractivity contribution in [2.45, 2.75) is 99.6 Å². The van der Waals surface area contributed by atoms with Crippen LogP contribution in [-0.2, 0) is 0 Å². The second-order valence-electron chi connectivity index (χ2n) is 6.99. The van der Waals surface area contributed by atoms with E-state index in [1.165, 1.54) is 45.2 Å². The molecule has 0 spiro atoms. The van der Waals surface area contributed by atoms with Gasteiger partial charge >= 0.3 is 0 Å². The molecule has 3 unspecified atom stereocenters. The fourth-order valence-corrected chi connectivity index (χ4v) is 3.19. The molecule has 0 aromatic heterocycles. The van der Waals surface area contributed by atoms with Crippen molar-refractivity contribution in [3.05, 3.63) is 0 Å². The van der Waals surface area contributed by atoms with E-state index in [-0.39, 0.29) is 6.10 Å². The molecule has 3 heteroatoms. The highest BCUT2D eigenvalue weighted by Crippen LogP contribution is 2.22. The number of likely N-dealkylation sites (tertiary alicyclic amines) is 1. The molecular formula is C21H48N2O. The zero-order valence-corrected chi connectivity index (χ0v) is 18.1. The zero-order chi connectivity index (χ0) is 19.0. The van der Waals surface area contributed by atoms with Crippen molar-refractivity contribution in [3.63, 3.8) is 0 Å². The van der Waals surface area contributed by atoms with Gasteiger partial charge < -0.3 is 14.9 Å². The van der Waals surface area contributed by atoms with Crippen molar-refractivity contribution in [2.75, 3.05) is 32.7 Å². The first-order valence-corrected chi connectivity index (χ1v) is 10.6. The number of unbranched alkanes of at least 4 members (excludes halogenated alkanes) is 2. The molecule has 0 amide bonds. The van der Waals surface area contributed by atoms with Crippen LogP contribution in [0.4, 0.5) is 0 Å². The number of aliphatic hydroxyl groups excluding tert-OH is 1. The number of hydrogen-bond acceptors (Lipinski definition) is 3. The van der Waals surface area contributed by atoms with E-state index in [0.717, 1.165) is 31.6 Å². The highest BCUT2D eigenvalue weighted by atomic mass is 16.3. The number of rotatable bonds is 9. The maximum atomic E-state index is 9.26. The SMILES string of the molecule is CC.CCCCCN(CCC)CC(C)O.CCN1CCC(C)C1C. The quantitative estimate of drug-likeness (QED) is 0.594. The van der Waals surface area contributed by atoms with Gasteiger partial charge in [0.2, 0.25) is 0 Å². The third-order valence-electron chi connectivity index (χ3n) is 4.82. The lowest BCUT2D eigenvalue weighted by Crippen LogP contribution is -2.32. The van der Waals surface area contributed by atoms with E-state index < -0.39 is 0 Å². The van der Waals surface area contributed by atoms with Gasteiger partial charge in [0.1, 0.15) is 0 Å². The first-order valence-electron chi connectivity index (χ1n) is 10.6. The van der Waals surface area contributed by atoms with E-state index >= 15 is 0 Å². The predicted octanol–water partition coefficient (Wildman–Crippen LogP) is 5.03. The van der Waals surface area contributed by atoms with E-state index in [9.17, 15) is 5.11 Å². The van der Waals surface area contributed by atoms with Crippen LogP contribution in [0.1, 0.15) is 87.5 Å². The Bertz CT molecular complexity index is 246. The van der Waals surface area contributed by atoms with Crippen molar-refractivity contribution in [2.24, 2.45) is 5.92 Å². The fourth-order valence-electron chi connectivity index (χ4n) is 3.19. The smallest absolute Gasteiger partial charge is 0.0639 e. The highest BCUT2D eigenvalue weighted by molar-refractivity contribution is 4.79. The van der Waals surface area contributed by atoms with E-state index in [4.69, 9.17) is 0 Å². The second kappa shape index (κ2) is 17.7. The van der Waals surface area contributed by atoms with Gasteiger partial charge in [-0.05, 0) is 65.2 Å². The van der Waals surface area contributed by atoms with E-state index in [1.54, 1.807) is 0 Å². The average molecular weight is 345 g/mol. The van der Waals surface area contributed by atoms with Crippen LogP contribution in [0.15, 0.2) is 0 Å². The van der Waals surface area contributed by atoms with Crippen LogP contribution in [0.3, 0.4) is 0 Å². The Morgan fingerprint density at radius 2 is 1.67 bits per heavy atom. The van der Waals surface area contributed by atoms with Crippen molar-refractivity contribution in [3.8, 4) is 0 Å². The lowest BCUT2D eigenvalue weighted by molar-refractivity contribution is 0.125. The summed E-state index contributed by atoms with van der Waals surface area (Å²) in [6.07, 6.45) is 6.24. The van der Waals surface area contributed by atoms with Crippen molar-refractivity contribution < 1.29 is 5.11 Å². The Hall–Kier alpha value is -0.120. The van der Waals surface area contributed by atoms with Gasteiger partial charge in [-0.1, -0.05) is 54.4 Å². The second-order valence-corrected chi connectivity index (χ2v) is 6.99. The molecule has 24 heavy (non-hydrogen) atoms. The van der Waals surface area contributed by atoms with Crippen LogP contribution in [0.25, 0.3) is 0 Å². The summed E-state index contributed by atoms with van der Waals surface area (Å²) in [6.45, 7) is 22.8. The summed E-state index contributed by atoms with van der Waals surface area (Å²) in [6, 6.07) is 0.829. The van der Waals surface area contributed by atoms with E-state index in [0.29, 0.717) is 0 Å². The first-order chi connectivity index (χ1) is 11.5. The molecule has 1 heterocycles. The van der Waals surface area contributed by atoms with Gasteiger partial charge in [-0.15, -0.1) is 0 Å². The average Bonchev–Trinajstić information content (AvgIpc) is 2.89. The third-order valence-corrected chi connectivity index (χ3v) is 4.82. The van der Waals surface area contributed by atoms with E-state index in [2.05, 4.69) is 44.4 Å². The molecule has 1 aliphatic rings. The molecule has 148 valence electrons. The van der Waals surface area contributed by atoms with Crippen LogP contribution in [0, 0.1) is 5.92 Å². The summed E-state index contributed by atoms with van der Waals surface area (Å²) < 4.78 is 0. The van der Waals surface area contributed by atoms with Gasteiger partial charge in [-0.25, -0.2) is 0 Å². The summed E-state index contributed by atoms with van der Waals surface area (Å²) in [7, 11) is 0. The molecule has 0 aromatic carbocycles. The van der Waals surface area contributed by atoms with Crippen molar-refractivity contribution >= 4 is 0 Å². The number of aliphatic hydroxyl groups is 1. The lowest BCUT2D eigenvalue weighted by atomic mass is 10.1. The molecule has 1 aliphatic heterocycles. The van der Waals surface area contributed by atoms with E-state index in [1.807, 2.05) is 20.8 Å². The molecule has 1 saturated heterocycles. The summed E-state index contributed by atoms with van der Waals surface area (Å²) in [5, 5.41) is 9.26. The maximum absolute atomic E-state index is 9.26. The van der Waals surface area contributed by atoms with Crippen LogP contribution in [0.5, 0.6) is 0 Å². The maximum Gasteiger partial charge on any atom is 0.0639 e. The Morgan fingerprint density at radius 1 is 1.04 bits per heavy atom. The zero-order valence-electron chi connectivity index (χ0n) is 18.1. The lowest BCUT2D eigenvalue weighted by Gasteiger charge is -2.22. The minimum Gasteiger partial charge on any atom is -0.392 e. The molecule has 0 aliphatic carbocycles. The van der Waals surface area contributed by atoms with Crippen LogP contribution >= 0.6 is 0 Å². The van der Waals surface area contributed by atoms with Gasteiger partial charge in [0, 0.05) is 12.6 Å². The molecule has 0 saturated carbocycles. The standard InChI is InChI=1S/C11H25NO.C8H17N.C2H6/c1-4-6-7-9-12(8-5-2)10-11(3)13;1-4-9-6-5-7(2)8(9)3;1-2/h11,13H,4-10H2,1-3H3;7-8H,4-6H2,1-3H3;1-2H3.